The largest absolute Gasteiger partial charge is 0.378 e. The van der Waals surface area contributed by atoms with E-state index in [-0.39, 0.29) is 6.10 Å². The Morgan fingerprint density at radius 3 is 2.44 bits per heavy atom. The number of thiocarbonyl (C=S) groups is 1. The van der Waals surface area contributed by atoms with Gasteiger partial charge in [-0.05, 0) is 48.3 Å². The quantitative estimate of drug-likeness (QED) is 0.734. The van der Waals surface area contributed by atoms with Gasteiger partial charge < -0.3 is 19.9 Å². The molecule has 0 saturated carbocycles. The molecule has 5 heteroatoms. The number of nitrogens with one attached hydrogen (secondary N) is 1. The third-order valence-electron chi connectivity index (χ3n) is 4.85. The molecule has 1 atom stereocenters. The molecule has 0 bridgehead atoms. The molecule has 0 amide bonds. The molecule has 0 aliphatic carbocycles. The Balaban J connectivity index is 1.64. The summed E-state index contributed by atoms with van der Waals surface area (Å²) in [5.74, 6) is 0. The first-order chi connectivity index (χ1) is 13.1. The average molecular weight is 384 g/mol. The van der Waals surface area contributed by atoms with E-state index in [9.17, 15) is 0 Å². The second kappa shape index (κ2) is 9.72. The van der Waals surface area contributed by atoms with Crippen molar-refractivity contribution in [2.45, 2.75) is 32.0 Å². The molecule has 0 spiro atoms. The van der Waals surface area contributed by atoms with E-state index in [4.69, 9.17) is 17.0 Å². The van der Waals surface area contributed by atoms with Crippen LogP contribution >= 0.6 is 12.2 Å². The third kappa shape index (κ3) is 5.94. The normalized spacial score (nSPS) is 16.1. The Hall–Kier alpha value is -2.11. The molecule has 1 saturated heterocycles. The molecular weight excluding hydrogens is 354 g/mol. The van der Waals surface area contributed by atoms with Crippen LogP contribution in [0.15, 0.2) is 54.6 Å². The van der Waals surface area contributed by atoms with Gasteiger partial charge in [-0.2, -0.15) is 0 Å². The molecule has 0 unspecified atom stereocenters. The Kier molecular flexibility index (Phi) is 7.07. The average Bonchev–Trinajstić information content (AvgIpc) is 3.20. The van der Waals surface area contributed by atoms with Crippen molar-refractivity contribution in [2.24, 2.45) is 0 Å². The van der Waals surface area contributed by atoms with Crippen LogP contribution in [0.2, 0.25) is 0 Å². The highest BCUT2D eigenvalue weighted by atomic mass is 32.1. The van der Waals surface area contributed by atoms with E-state index in [1.165, 1.54) is 16.8 Å². The van der Waals surface area contributed by atoms with Crippen molar-refractivity contribution in [2.75, 3.05) is 32.1 Å². The molecule has 4 nitrogen and oxygen atoms in total. The fraction of sp³-hybridized carbons (Fsp3) is 0.409. The molecule has 0 aromatic heterocycles. The van der Waals surface area contributed by atoms with Gasteiger partial charge in [0, 0.05) is 46.0 Å². The Bertz CT molecular complexity index is 712. The van der Waals surface area contributed by atoms with Crippen LogP contribution in [0.3, 0.4) is 0 Å². The molecule has 1 fully saturated rings. The number of hydrogen-bond donors (Lipinski definition) is 1. The number of anilines is 1. The lowest BCUT2D eigenvalue weighted by molar-refractivity contribution is 0.0897. The van der Waals surface area contributed by atoms with Crippen LogP contribution in [0.4, 0.5) is 5.69 Å². The van der Waals surface area contributed by atoms with E-state index in [1.54, 1.807) is 0 Å². The van der Waals surface area contributed by atoms with Gasteiger partial charge in [0.15, 0.2) is 5.11 Å². The van der Waals surface area contributed by atoms with Gasteiger partial charge in [-0.1, -0.05) is 42.5 Å². The zero-order chi connectivity index (χ0) is 19.1. The summed E-state index contributed by atoms with van der Waals surface area (Å²) in [4.78, 5) is 4.35. The SMILES string of the molecule is CN(C)c1ccc(CN(C[C@H]2CCCO2)C(=S)NCc2ccccc2)cc1. The minimum absolute atomic E-state index is 0.266. The number of hydrogen-bond acceptors (Lipinski definition) is 3. The Labute approximate surface area is 168 Å². The highest BCUT2D eigenvalue weighted by molar-refractivity contribution is 7.80. The van der Waals surface area contributed by atoms with Gasteiger partial charge in [0.2, 0.25) is 0 Å². The minimum Gasteiger partial charge on any atom is -0.378 e. The monoisotopic (exact) mass is 383 g/mol. The summed E-state index contributed by atoms with van der Waals surface area (Å²) in [5.41, 5.74) is 3.68. The smallest absolute Gasteiger partial charge is 0.169 e. The lowest BCUT2D eigenvalue weighted by Crippen LogP contribution is -2.42. The van der Waals surface area contributed by atoms with E-state index >= 15 is 0 Å². The predicted molar refractivity (Wildman–Crippen MR) is 116 cm³/mol. The van der Waals surface area contributed by atoms with Gasteiger partial charge in [-0.15, -0.1) is 0 Å². The second-order valence-corrected chi connectivity index (χ2v) is 7.61. The van der Waals surface area contributed by atoms with Crippen LogP contribution in [0.1, 0.15) is 24.0 Å². The number of benzene rings is 2. The first-order valence-electron chi connectivity index (χ1n) is 9.56. The molecule has 144 valence electrons. The Morgan fingerprint density at radius 2 is 1.81 bits per heavy atom. The van der Waals surface area contributed by atoms with Crippen molar-refractivity contribution < 1.29 is 4.74 Å². The highest BCUT2D eigenvalue weighted by Gasteiger charge is 2.21. The zero-order valence-corrected chi connectivity index (χ0v) is 17.0. The van der Waals surface area contributed by atoms with Gasteiger partial charge in [0.05, 0.1) is 6.10 Å². The second-order valence-electron chi connectivity index (χ2n) is 7.22. The summed E-state index contributed by atoms with van der Waals surface area (Å²) in [6.45, 7) is 3.21. The van der Waals surface area contributed by atoms with Crippen LogP contribution < -0.4 is 10.2 Å². The molecule has 3 rings (SSSR count). The summed E-state index contributed by atoms with van der Waals surface area (Å²) in [6, 6.07) is 19.0. The summed E-state index contributed by atoms with van der Waals surface area (Å²) in [6.07, 6.45) is 2.51. The van der Waals surface area contributed by atoms with Crippen LogP contribution in [-0.4, -0.2) is 43.4 Å². The molecule has 0 radical (unpaired) electrons. The molecule has 1 aliphatic rings. The zero-order valence-electron chi connectivity index (χ0n) is 16.2. The summed E-state index contributed by atoms with van der Waals surface area (Å²) < 4.78 is 5.85. The van der Waals surface area contributed by atoms with E-state index in [0.29, 0.717) is 0 Å². The van der Waals surface area contributed by atoms with Gasteiger partial charge in [0.1, 0.15) is 0 Å². The van der Waals surface area contributed by atoms with Gasteiger partial charge in [-0.3, -0.25) is 0 Å². The lowest BCUT2D eigenvalue weighted by atomic mass is 10.1. The molecule has 1 heterocycles. The fourth-order valence-electron chi connectivity index (χ4n) is 3.26. The molecular formula is C22H29N3OS. The maximum Gasteiger partial charge on any atom is 0.169 e. The van der Waals surface area contributed by atoms with Crippen molar-refractivity contribution >= 4 is 23.0 Å². The lowest BCUT2D eigenvalue weighted by Gasteiger charge is -2.28. The van der Waals surface area contributed by atoms with Crippen molar-refractivity contribution in [3.63, 3.8) is 0 Å². The van der Waals surface area contributed by atoms with E-state index in [0.717, 1.165) is 44.2 Å². The molecule has 27 heavy (non-hydrogen) atoms. The number of nitrogens with zero attached hydrogens (tertiary/aromatic N) is 2. The molecule has 2 aromatic carbocycles. The van der Waals surface area contributed by atoms with E-state index in [1.807, 2.05) is 6.07 Å². The standard InChI is InChI=1S/C22H29N3OS/c1-24(2)20-12-10-19(11-13-20)16-25(17-21-9-6-14-26-21)22(27)23-15-18-7-4-3-5-8-18/h3-5,7-8,10-13,21H,6,9,14-17H2,1-2H3,(H,23,27)/t21-/m1/s1. The van der Waals surface area contributed by atoms with E-state index < -0.39 is 0 Å². The van der Waals surface area contributed by atoms with Gasteiger partial charge in [0.25, 0.3) is 0 Å². The molecule has 1 aliphatic heterocycles. The summed E-state index contributed by atoms with van der Waals surface area (Å²) >= 11 is 5.73. The fourth-order valence-corrected chi connectivity index (χ4v) is 3.47. The van der Waals surface area contributed by atoms with Crippen LogP contribution in [0.25, 0.3) is 0 Å². The number of rotatable bonds is 7. The van der Waals surface area contributed by atoms with Crippen molar-refractivity contribution in [1.29, 1.82) is 0 Å². The van der Waals surface area contributed by atoms with Crippen molar-refractivity contribution in [3.05, 3.63) is 65.7 Å². The maximum absolute atomic E-state index is 5.85. The summed E-state index contributed by atoms with van der Waals surface area (Å²) in [7, 11) is 4.11. The van der Waals surface area contributed by atoms with Crippen LogP contribution in [0, 0.1) is 0 Å². The van der Waals surface area contributed by atoms with E-state index in [2.05, 4.69) is 77.7 Å². The third-order valence-corrected chi connectivity index (χ3v) is 5.25. The maximum atomic E-state index is 5.85. The number of ether oxygens (including phenoxy) is 1. The molecule has 2 aromatic rings. The first kappa shape index (κ1) is 19.6. The Morgan fingerprint density at radius 1 is 1.07 bits per heavy atom. The van der Waals surface area contributed by atoms with Gasteiger partial charge >= 0.3 is 0 Å². The predicted octanol–water partition coefficient (Wildman–Crippen LogP) is 3.81. The topological polar surface area (TPSA) is 27.7 Å². The minimum atomic E-state index is 0.266. The van der Waals surface area contributed by atoms with Gasteiger partial charge in [-0.25, -0.2) is 0 Å². The summed E-state index contributed by atoms with van der Waals surface area (Å²) in [5, 5.41) is 4.20. The van der Waals surface area contributed by atoms with Crippen LogP contribution in [0.5, 0.6) is 0 Å². The highest BCUT2D eigenvalue weighted by Crippen LogP contribution is 2.17. The van der Waals surface area contributed by atoms with Crippen molar-refractivity contribution in [3.8, 4) is 0 Å². The molecule has 1 N–H and O–H groups in total. The van der Waals surface area contributed by atoms with Crippen LogP contribution in [-0.2, 0) is 17.8 Å². The first-order valence-corrected chi connectivity index (χ1v) is 9.97. The van der Waals surface area contributed by atoms with Crippen molar-refractivity contribution in [1.82, 2.24) is 10.2 Å².